The molecule has 3 N–H and O–H groups in total. The number of hydrogen-bond acceptors (Lipinski definition) is 4. The number of aromatic nitrogens is 1. The SMILES string of the molecule is CCNC(=NCC1(CCOC)CCC1)NCCCc1cc2c(OC)cc(OC)cc2[nH]1. The molecule has 2 aromatic rings. The zero-order valence-corrected chi connectivity index (χ0v) is 19.5. The highest BCUT2D eigenvalue weighted by atomic mass is 16.5. The van der Waals surface area contributed by atoms with Gasteiger partial charge in [0, 0.05) is 56.6 Å². The second kappa shape index (κ2) is 11.3. The van der Waals surface area contributed by atoms with Crippen LogP contribution < -0.4 is 20.1 Å². The molecule has 1 aliphatic rings. The number of aliphatic imine (C=N–C) groups is 1. The van der Waals surface area contributed by atoms with E-state index in [4.69, 9.17) is 19.2 Å². The van der Waals surface area contributed by atoms with Crippen molar-refractivity contribution in [3.05, 3.63) is 23.9 Å². The Morgan fingerprint density at radius 3 is 2.61 bits per heavy atom. The molecule has 0 amide bonds. The first kappa shape index (κ1) is 23.3. The third-order valence-electron chi connectivity index (χ3n) is 6.27. The van der Waals surface area contributed by atoms with Crippen LogP contribution in [0.2, 0.25) is 0 Å². The molecule has 1 fully saturated rings. The second-order valence-electron chi connectivity index (χ2n) is 8.41. The molecule has 0 atom stereocenters. The fraction of sp³-hybridized carbons (Fsp3) is 0.625. The van der Waals surface area contributed by atoms with Gasteiger partial charge in [0.15, 0.2) is 5.96 Å². The van der Waals surface area contributed by atoms with E-state index in [0.29, 0.717) is 5.41 Å². The van der Waals surface area contributed by atoms with Crippen molar-refractivity contribution < 1.29 is 14.2 Å². The van der Waals surface area contributed by atoms with Crippen LogP contribution in [0.15, 0.2) is 23.2 Å². The van der Waals surface area contributed by atoms with Crippen molar-refractivity contribution in [3.8, 4) is 11.5 Å². The van der Waals surface area contributed by atoms with E-state index in [1.165, 1.54) is 25.0 Å². The molecule has 0 aliphatic heterocycles. The monoisotopic (exact) mass is 430 g/mol. The summed E-state index contributed by atoms with van der Waals surface area (Å²) in [6, 6.07) is 6.10. The maximum Gasteiger partial charge on any atom is 0.191 e. The fourth-order valence-electron chi connectivity index (χ4n) is 4.22. The van der Waals surface area contributed by atoms with Crippen LogP contribution in [0.4, 0.5) is 0 Å². The topological polar surface area (TPSA) is 79.9 Å². The van der Waals surface area contributed by atoms with Crippen LogP contribution in [0.5, 0.6) is 11.5 Å². The van der Waals surface area contributed by atoms with Crippen molar-refractivity contribution in [1.29, 1.82) is 0 Å². The van der Waals surface area contributed by atoms with E-state index >= 15 is 0 Å². The molecule has 3 rings (SSSR count). The first-order chi connectivity index (χ1) is 15.1. The van der Waals surface area contributed by atoms with E-state index in [1.54, 1.807) is 21.3 Å². The largest absolute Gasteiger partial charge is 0.497 e. The lowest BCUT2D eigenvalue weighted by molar-refractivity contribution is 0.0778. The summed E-state index contributed by atoms with van der Waals surface area (Å²) in [5, 5.41) is 7.95. The van der Waals surface area contributed by atoms with Crippen LogP contribution in [-0.2, 0) is 11.2 Å². The Balaban J connectivity index is 1.53. The predicted molar refractivity (Wildman–Crippen MR) is 126 cm³/mol. The van der Waals surface area contributed by atoms with Gasteiger partial charge in [-0.15, -0.1) is 0 Å². The van der Waals surface area contributed by atoms with Crippen molar-refractivity contribution in [2.24, 2.45) is 10.4 Å². The Hall–Kier alpha value is -2.41. The molecule has 31 heavy (non-hydrogen) atoms. The lowest BCUT2D eigenvalue weighted by Gasteiger charge is -2.40. The van der Waals surface area contributed by atoms with E-state index in [2.05, 4.69) is 28.6 Å². The molecule has 1 aliphatic carbocycles. The molecule has 0 spiro atoms. The van der Waals surface area contributed by atoms with Gasteiger partial charge < -0.3 is 29.8 Å². The zero-order chi connectivity index (χ0) is 22.1. The number of rotatable bonds is 12. The summed E-state index contributed by atoms with van der Waals surface area (Å²) < 4.78 is 16.2. The molecular formula is C24H38N4O3. The third-order valence-corrected chi connectivity index (χ3v) is 6.27. The van der Waals surface area contributed by atoms with Crippen molar-refractivity contribution in [3.63, 3.8) is 0 Å². The van der Waals surface area contributed by atoms with Gasteiger partial charge >= 0.3 is 0 Å². The van der Waals surface area contributed by atoms with Gasteiger partial charge in [-0.05, 0) is 50.5 Å². The number of nitrogens with one attached hydrogen (secondary N) is 3. The van der Waals surface area contributed by atoms with Crippen molar-refractivity contribution in [2.75, 3.05) is 47.6 Å². The summed E-state index contributed by atoms with van der Waals surface area (Å²) in [5.74, 6) is 2.53. The molecule has 7 nitrogen and oxygen atoms in total. The number of guanidine groups is 1. The standard InChI is InChI=1S/C24H38N4O3/c1-5-25-23(27-17-24(9-7-10-24)11-13-29-2)26-12-6-8-18-14-20-21(28-18)15-19(30-3)16-22(20)31-4/h14-16,28H,5-13,17H2,1-4H3,(H2,25,26,27). The van der Waals surface area contributed by atoms with Crippen LogP contribution in [-0.4, -0.2) is 58.5 Å². The number of methoxy groups -OCH3 is 3. The summed E-state index contributed by atoms with van der Waals surface area (Å²) >= 11 is 0. The first-order valence-electron chi connectivity index (χ1n) is 11.4. The predicted octanol–water partition coefficient (Wildman–Crippen LogP) is 3.88. The summed E-state index contributed by atoms with van der Waals surface area (Å²) in [4.78, 5) is 8.37. The highest BCUT2D eigenvalue weighted by Crippen LogP contribution is 2.44. The van der Waals surface area contributed by atoms with Crippen LogP contribution >= 0.6 is 0 Å². The number of nitrogens with zero attached hydrogens (tertiary/aromatic N) is 1. The molecule has 0 bridgehead atoms. The van der Waals surface area contributed by atoms with Gasteiger partial charge in [0.2, 0.25) is 0 Å². The van der Waals surface area contributed by atoms with E-state index < -0.39 is 0 Å². The van der Waals surface area contributed by atoms with Gasteiger partial charge in [-0.3, -0.25) is 4.99 Å². The minimum Gasteiger partial charge on any atom is -0.497 e. The number of H-pyrrole nitrogens is 1. The number of ether oxygens (including phenoxy) is 3. The Morgan fingerprint density at radius 1 is 1.13 bits per heavy atom. The Kier molecular flexibility index (Phi) is 8.46. The lowest BCUT2D eigenvalue weighted by atomic mass is 9.67. The average Bonchev–Trinajstić information content (AvgIpc) is 3.17. The number of fused-ring (bicyclic) bond motifs is 1. The quantitative estimate of drug-likeness (QED) is 0.271. The molecule has 1 aromatic heterocycles. The maximum atomic E-state index is 5.52. The molecular weight excluding hydrogens is 392 g/mol. The highest BCUT2D eigenvalue weighted by Gasteiger charge is 2.36. The van der Waals surface area contributed by atoms with Gasteiger partial charge in [-0.25, -0.2) is 0 Å². The Morgan fingerprint density at radius 2 is 1.97 bits per heavy atom. The molecule has 7 heteroatoms. The highest BCUT2D eigenvalue weighted by molar-refractivity contribution is 5.88. The van der Waals surface area contributed by atoms with Crippen LogP contribution in [0.1, 0.15) is 44.7 Å². The van der Waals surface area contributed by atoms with Crippen LogP contribution in [0.3, 0.4) is 0 Å². The minimum absolute atomic E-state index is 0.336. The van der Waals surface area contributed by atoms with Crippen LogP contribution in [0.25, 0.3) is 10.9 Å². The number of benzene rings is 1. The smallest absolute Gasteiger partial charge is 0.191 e. The maximum absolute atomic E-state index is 5.52. The van der Waals surface area contributed by atoms with E-state index in [-0.39, 0.29) is 0 Å². The summed E-state index contributed by atoms with van der Waals surface area (Å²) in [6.07, 6.45) is 6.88. The van der Waals surface area contributed by atoms with Gasteiger partial charge in [-0.1, -0.05) is 6.42 Å². The van der Waals surface area contributed by atoms with Crippen LogP contribution in [0, 0.1) is 5.41 Å². The molecule has 1 heterocycles. The summed E-state index contributed by atoms with van der Waals surface area (Å²) in [7, 11) is 5.14. The van der Waals surface area contributed by atoms with Crippen molar-refractivity contribution in [2.45, 2.75) is 45.4 Å². The summed E-state index contributed by atoms with van der Waals surface area (Å²) in [6.45, 7) is 5.52. The molecule has 0 saturated heterocycles. The zero-order valence-electron chi connectivity index (χ0n) is 19.5. The van der Waals surface area contributed by atoms with Gasteiger partial charge in [0.05, 0.1) is 19.7 Å². The van der Waals surface area contributed by atoms with Gasteiger partial charge in [0.25, 0.3) is 0 Å². The fourth-order valence-corrected chi connectivity index (χ4v) is 4.22. The molecule has 0 radical (unpaired) electrons. The molecule has 1 aromatic carbocycles. The summed E-state index contributed by atoms with van der Waals surface area (Å²) in [5.41, 5.74) is 2.57. The second-order valence-corrected chi connectivity index (χ2v) is 8.41. The molecule has 1 saturated carbocycles. The van der Waals surface area contributed by atoms with E-state index in [1.807, 2.05) is 12.1 Å². The van der Waals surface area contributed by atoms with Gasteiger partial charge in [-0.2, -0.15) is 0 Å². The third kappa shape index (κ3) is 6.06. The Bertz CT molecular complexity index is 858. The number of hydrogen-bond donors (Lipinski definition) is 3. The molecule has 172 valence electrons. The molecule has 0 unspecified atom stereocenters. The van der Waals surface area contributed by atoms with E-state index in [9.17, 15) is 0 Å². The van der Waals surface area contributed by atoms with Gasteiger partial charge in [0.1, 0.15) is 11.5 Å². The first-order valence-corrected chi connectivity index (χ1v) is 11.4. The number of aryl methyl sites for hydroxylation is 1. The average molecular weight is 431 g/mol. The number of aromatic amines is 1. The Labute approximate surface area is 185 Å². The lowest BCUT2D eigenvalue weighted by Crippen LogP contribution is -2.40. The van der Waals surface area contributed by atoms with Crippen molar-refractivity contribution in [1.82, 2.24) is 15.6 Å². The van der Waals surface area contributed by atoms with Crippen molar-refractivity contribution >= 4 is 16.9 Å². The van der Waals surface area contributed by atoms with E-state index in [0.717, 1.165) is 73.9 Å². The minimum atomic E-state index is 0.336. The normalized spacial score (nSPS) is 15.5.